The predicted octanol–water partition coefficient (Wildman–Crippen LogP) is 4.60. The lowest BCUT2D eigenvalue weighted by Crippen LogP contribution is -2.27. The zero-order valence-corrected chi connectivity index (χ0v) is 14.6. The lowest BCUT2D eigenvalue weighted by atomic mass is 10.1. The van der Waals surface area contributed by atoms with Crippen LogP contribution in [0.1, 0.15) is 31.2 Å². The summed E-state index contributed by atoms with van der Waals surface area (Å²) in [5.41, 5.74) is 7.20. The highest BCUT2D eigenvalue weighted by Gasteiger charge is 2.08. The number of nitrogens with two attached hydrogens (primary N) is 1. The Labute approximate surface area is 149 Å². The van der Waals surface area contributed by atoms with E-state index in [2.05, 4.69) is 37.1 Å². The Hall–Kier alpha value is -2.14. The molecule has 24 heavy (non-hydrogen) atoms. The molecular weight excluding hydrogens is 320 g/mol. The maximum Gasteiger partial charge on any atom is 0.329 e. The fourth-order valence-corrected chi connectivity index (χ4v) is 2.58. The van der Waals surface area contributed by atoms with Gasteiger partial charge in [-0.25, -0.2) is 9.10 Å². The van der Waals surface area contributed by atoms with Gasteiger partial charge in [-0.05, 0) is 37.0 Å². The fraction of sp³-hybridized carbons (Fsp3) is 0.316. The maximum atomic E-state index is 11.1. The Morgan fingerprint density at radius 3 is 2.50 bits per heavy atom. The van der Waals surface area contributed by atoms with E-state index in [1.165, 1.54) is 18.4 Å². The van der Waals surface area contributed by atoms with Crippen molar-refractivity contribution in [3.05, 3.63) is 60.2 Å². The molecule has 128 valence electrons. The van der Waals surface area contributed by atoms with Gasteiger partial charge in [0.1, 0.15) is 5.75 Å². The first-order chi connectivity index (χ1) is 11.7. The Balaban J connectivity index is 1.62. The molecule has 4 nitrogen and oxygen atoms in total. The lowest BCUT2D eigenvalue weighted by Gasteiger charge is -2.14. The number of hydrogen-bond acceptors (Lipinski definition) is 3. The number of thiol groups is 1. The molecule has 0 saturated heterocycles. The molecule has 2 aromatic rings. The highest BCUT2D eigenvalue weighted by atomic mass is 32.1. The third-order valence-electron chi connectivity index (χ3n) is 3.74. The molecule has 0 heterocycles. The van der Waals surface area contributed by atoms with Gasteiger partial charge in [-0.1, -0.05) is 62.1 Å². The number of benzene rings is 2. The van der Waals surface area contributed by atoms with Crippen LogP contribution in [0.4, 0.5) is 10.5 Å². The Kier molecular flexibility index (Phi) is 7.49. The summed E-state index contributed by atoms with van der Waals surface area (Å²) < 4.78 is 6.82. The van der Waals surface area contributed by atoms with Crippen molar-refractivity contribution in [1.82, 2.24) is 0 Å². The first kappa shape index (κ1) is 18.2. The van der Waals surface area contributed by atoms with Gasteiger partial charge in [-0.2, -0.15) is 0 Å². The number of carbonyl (C=O) groups is 1. The number of anilines is 1. The zero-order chi connectivity index (χ0) is 17.2. The largest absolute Gasteiger partial charge is 0.494 e. The van der Waals surface area contributed by atoms with E-state index in [4.69, 9.17) is 10.5 Å². The molecule has 0 saturated carbocycles. The van der Waals surface area contributed by atoms with Crippen LogP contribution in [0.25, 0.3) is 0 Å². The van der Waals surface area contributed by atoms with E-state index in [-0.39, 0.29) is 0 Å². The van der Waals surface area contributed by atoms with Crippen LogP contribution < -0.4 is 14.8 Å². The van der Waals surface area contributed by atoms with E-state index in [0.29, 0.717) is 12.3 Å². The van der Waals surface area contributed by atoms with Crippen LogP contribution in [-0.4, -0.2) is 12.6 Å². The summed E-state index contributed by atoms with van der Waals surface area (Å²) in [5.74, 6) is 0.720. The van der Waals surface area contributed by atoms with E-state index in [0.717, 1.165) is 29.3 Å². The van der Waals surface area contributed by atoms with Crippen molar-refractivity contribution in [3.63, 3.8) is 0 Å². The van der Waals surface area contributed by atoms with Gasteiger partial charge < -0.3 is 10.5 Å². The molecule has 0 radical (unpaired) electrons. The molecule has 0 atom stereocenters. The molecule has 0 bridgehead atoms. The number of amides is 2. The summed E-state index contributed by atoms with van der Waals surface area (Å²) in [4.78, 5) is 11.1. The number of rotatable bonds is 9. The summed E-state index contributed by atoms with van der Waals surface area (Å²) in [5, 5.41) is 0. The minimum atomic E-state index is -0.617. The quantitative estimate of drug-likeness (QED) is 0.516. The molecule has 5 heteroatoms. The van der Waals surface area contributed by atoms with Crippen LogP contribution in [0, 0.1) is 0 Å². The molecule has 0 aromatic heterocycles. The minimum absolute atomic E-state index is 0.603. The summed E-state index contributed by atoms with van der Waals surface area (Å²) in [6.45, 7) is 0.665. The van der Waals surface area contributed by atoms with Gasteiger partial charge in [0.15, 0.2) is 0 Å². The Morgan fingerprint density at radius 2 is 1.75 bits per heavy atom. The Morgan fingerprint density at radius 1 is 1.00 bits per heavy atom. The molecule has 2 aromatic carbocycles. The van der Waals surface area contributed by atoms with Gasteiger partial charge in [0.25, 0.3) is 0 Å². The summed E-state index contributed by atoms with van der Waals surface area (Å²) in [7, 11) is 0. The van der Waals surface area contributed by atoms with Crippen molar-refractivity contribution in [2.45, 2.75) is 32.1 Å². The topological polar surface area (TPSA) is 55.6 Å². The molecule has 0 aliphatic rings. The number of ether oxygens (including phenoxy) is 1. The van der Waals surface area contributed by atoms with Gasteiger partial charge in [-0.15, -0.1) is 0 Å². The average molecular weight is 344 g/mol. The second-order valence-electron chi connectivity index (χ2n) is 5.65. The van der Waals surface area contributed by atoms with Crippen molar-refractivity contribution < 1.29 is 9.53 Å². The highest BCUT2D eigenvalue weighted by Crippen LogP contribution is 2.22. The third kappa shape index (κ3) is 6.16. The van der Waals surface area contributed by atoms with Crippen molar-refractivity contribution in [2.75, 3.05) is 10.9 Å². The van der Waals surface area contributed by atoms with Crippen LogP contribution in [0.2, 0.25) is 0 Å². The van der Waals surface area contributed by atoms with E-state index in [9.17, 15) is 4.79 Å². The Bertz CT molecular complexity index is 634. The van der Waals surface area contributed by atoms with E-state index in [1.807, 2.05) is 18.2 Å². The second-order valence-corrected chi connectivity index (χ2v) is 6.05. The molecule has 2 rings (SSSR count). The standard InChI is InChI=1S/C19H24N2O2S/c20-19(22)21(24)17-12-8-13-18(15-17)23-14-7-2-1-4-9-16-10-5-3-6-11-16/h3,5-6,8,10-13,15,24H,1-2,4,7,9,14H2,(H2,20,22). The van der Waals surface area contributed by atoms with Crippen molar-refractivity contribution in [2.24, 2.45) is 5.73 Å². The van der Waals surface area contributed by atoms with Crippen molar-refractivity contribution in [1.29, 1.82) is 0 Å². The minimum Gasteiger partial charge on any atom is -0.494 e. The van der Waals surface area contributed by atoms with Crippen molar-refractivity contribution in [3.8, 4) is 5.75 Å². The van der Waals surface area contributed by atoms with E-state index in [1.54, 1.807) is 12.1 Å². The molecule has 2 N–H and O–H groups in total. The van der Waals surface area contributed by atoms with Gasteiger partial charge in [-0.3, -0.25) is 0 Å². The SMILES string of the molecule is NC(=O)N(S)c1cccc(OCCCCCCc2ccccc2)c1. The van der Waals surface area contributed by atoms with E-state index < -0.39 is 6.03 Å². The first-order valence-electron chi connectivity index (χ1n) is 8.22. The third-order valence-corrected chi connectivity index (χ3v) is 4.17. The average Bonchev–Trinajstić information content (AvgIpc) is 2.61. The number of urea groups is 1. The number of nitrogens with zero attached hydrogens (tertiary/aromatic N) is 1. The molecule has 0 aliphatic heterocycles. The molecule has 0 aliphatic carbocycles. The summed E-state index contributed by atoms with van der Waals surface area (Å²) in [6, 6.07) is 17.1. The fourth-order valence-electron chi connectivity index (χ4n) is 2.45. The molecule has 0 spiro atoms. The van der Waals surface area contributed by atoms with Crippen molar-refractivity contribution >= 4 is 24.5 Å². The monoisotopic (exact) mass is 344 g/mol. The smallest absolute Gasteiger partial charge is 0.329 e. The first-order valence-corrected chi connectivity index (χ1v) is 8.62. The predicted molar refractivity (Wildman–Crippen MR) is 102 cm³/mol. The van der Waals surface area contributed by atoms with Crippen LogP contribution >= 0.6 is 12.8 Å². The summed E-state index contributed by atoms with van der Waals surface area (Å²) >= 11 is 4.04. The molecular formula is C19H24N2O2S. The van der Waals surface area contributed by atoms with Crippen LogP contribution in [0.3, 0.4) is 0 Å². The molecule has 2 amide bonds. The number of unbranched alkanes of at least 4 members (excludes halogenated alkanes) is 3. The molecule has 0 unspecified atom stereocenters. The summed E-state index contributed by atoms with van der Waals surface area (Å²) in [6.07, 6.45) is 5.69. The van der Waals surface area contributed by atoms with Gasteiger partial charge in [0.05, 0.1) is 12.3 Å². The number of carbonyl (C=O) groups excluding carboxylic acids is 1. The number of primary amides is 1. The molecule has 0 fully saturated rings. The zero-order valence-electron chi connectivity index (χ0n) is 13.7. The van der Waals surface area contributed by atoms with Gasteiger partial charge in [0.2, 0.25) is 0 Å². The van der Waals surface area contributed by atoms with Gasteiger partial charge in [0, 0.05) is 6.07 Å². The second kappa shape index (κ2) is 9.88. The lowest BCUT2D eigenvalue weighted by molar-refractivity contribution is 0.257. The van der Waals surface area contributed by atoms with Crippen LogP contribution in [0.15, 0.2) is 54.6 Å². The maximum absolute atomic E-state index is 11.1. The number of aryl methyl sites for hydroxylation is 1. The van der Waals surface area contributed by atoms with Crippen LogP contribution in [-0.2, 0) is 6.42 Å². The highest BCUT2D eigenvalue weighted by molar-refractivity contribution is 7.82. The van der Waals surface area contributed by atoms with Crippen LogP contribution in [0.5, 0.6) is 5.75 Å². The number of hydrogen-bond donors (Lipinski definition) is 2. The van der Waals surface area contributed by atoms with Gasteiger partial charge >= 0.3 is 6.03 Å². The van der Waals surface area contributed by atoms with E-state index >= 15 is 0 Å². The normalized spacial score (nSPS) is 10.4.